The van der Waals surface area contributed by atoms with Gasteiger partial charge in [0.2, 0.25) is 0 Å². The Balaban J connectivity index is 1.62. The minimum Gasteiger partial charge on any atom is -0.370 e. The summed E-state index contributed by atoms with van der Waals surface area (Å²) in [6.45, 7) is 5.01. The minimum atomic E-state index is 0.793. The van der Waals surface area contributed by atoms with Crippen molar-refractivity contribution >= 4 is 17.3 Å². The second kappa shape index (κ2) is 7.59. The number of rotatable bonds is 6. The van der Waals surface area contributed by atoms with E-state index in [1.54, 1.807) is 6.33 Å². The monoisotopic (exact) mass is 318 g/mol. The van der Waals surface area contributed by atoms with E-state index in [0.29, 0.717) is 0 Å². The number of aromatic nitrogens is 2. The summed E-state index contributed by atoms with van der Waals surface area (Å²) in [5, 5.41) is 6.72. The van der Waals surface area contributed by atoms with Crippen molar-refractivity contribution < 1.29 is 0 Å². The van der Waals surface area contributed by atoms with Gasteiger partial charge >= 0.3 is 0 Å². The molecule has 0 aliphatic heterocycles. The Morgan fingerprint density at radius 3 is 2.50 bits per heavy atom. The molecule has 0 saturated carbocycles. The van der Waals surface area contributed by atoms with Crippen LogP contribution in [0.15, 0.2) is 60.9 Å². The molecule has 4 nitrogen and oxygen atoms in total. The molecule has 0 unspecified atom stereocenters. The summed E-state index contributed by atoms with van der Waals surface area (Å²) in [6.07, 6.45) is 2.54. The van der Waals surface area contributed by atoms with E-state index >= 15 is 0 Å². The fraction of sp³-hybridized carbons (Fsp3) is 0.200. The topological polar surface area (TPSA) is 49.8 Å². The molecular formula is C20H22N4. The van der Waals surface area contributed by atoms with E-state index < -0.39 is 0 Å². The average molecular weight is 318 g/mol. The van der Waals surface area contributed by atoms with E-state index in [0.717, 1.165) is 30.3 Å². The molecule has 2 N–H and O–H groups in total. The first-order chi connectivity index (χ1) is 11.7. The largest absolute Gasteiger partial charge is 0.370 e. The third kappa shape index (κ3) is 4.32. The number of benzene rings is 2. The maximum absolute atomic E-state index is 4.31. The first-order valence-electron chi connectivity index (χ1n) is 8.15. The van der Waals surface area contributed by atoms with Crippen LogP contribution in [0.1, 0.15) is 16.7 Å². The molecule has 0 amide bonds. The molecule has 4 heteroatoms. The third-order valence-corrected chi connectivity index (χ3v) is 3.89. The number of nitrogens with one attached hydrogen (secondary N) is 2. The molecule has 122 valence electrons. The van der Waals surface area contributed by atoms with Crippen molar-refractivity contribution in [1.29, 1.82) is 0 Å². The zero-order valence-electron chi connectivity index (χ0n) is 14.1. The minimum absolute atomic E-state index is 0.793. The Morgan fingerprint density at radius 1 is 0.875 bits per heavy atom. The van der Waals surface area contributed by atoms with Gasteiger partial charge in [-0.2, -0.15) is 0 Å². The molecule has 0 spiro atoms. The van der Waals surface area contributed by atoms with Crippen molar-refractivity contribution in [2.24, 2.45) is 0 Å². The molecule has 0 bridgehead atoms. The van der Waals surface area contributed by atoms with Crippen LogP contribution in [0.5, 0.6) is 0 Å². The quantitative estimate of drug-likeness (QED) is 0.703. The van der Waals surface area contributed by atoms with E-state index in [2.05, 4.69) is 76.9 Å². The van der Waals surface area contributed by atoms with E-state index in [-0.39, 0.29) is 0 Å². The van der Waals surface area contributed by atoms with Crippen LogP contribution >= 0.6 is 0 Å². The molecule has 0 aliphatic carbocycles. The van der Waals surface area contributed by atoms with Gasteiger partial charge in [-0.05, 0) is 43.0 Å². The summed E-state index contributed by atoms with van der Waals surface area (Å²) >= 11 is 0. The fourth-order valence-corrected chi connectivity index (χ4v) is 2.51. The van der Waals surface area contributed by atoms with Crippen LogP contribution in [0.2, 0.25) is 0 Å². The van der Waals surface area contributed by atoms with E-state index in [4.69, 9.17) is 0 Å². The summed E-state index contributed by atoms with van der Waals surface area (Å²) in [6, 6.07) is 18.7. The maximum atomic E-state index is 4.31. The van der Waals surface area contributed by atoms with E-state index in [1.807, 2.05) is 12.1 Å². The zero-order valence-corrected chi connectivity index (χ0v) is 14.1. The fourth-order valence-electron chi connectivity index (χ4n) is 2.51. The second-order valence-corrected chi connectivity index (χ2v) is 5.89. The molecule has 0 saturated heterocycles. The normalized spacial score (nSPS) is 10.4. The Bertz CT molecular complexity index is 800. The first-order valence-corrected chi connectivity index (χ1v) is 8.15. The Morgan fingerprint density at radius 2 is 1.67 bits per heavy atom. The van der Waals surface area contributed by atoms with Crippen molar-refractivity contribution in [3.05, 3.63) is 77.6 Å². The van der Waals surface area contributed by atoms with Crippen LogP contribution in [0.25, 0.3) is 0 Å². The SMILES string of the molecule is Cc1ccc(C)c(Nc2cc(NCCc3ccccc3)ncn2)c1. The highest BCUT2D eigenvalue weighted by Crippen LogP contribution is 2.21. The molecule has 1 heterocycles. The molecule has 24 heavy (non-hydrogen) atoms. The zero-order chi connectivity index (χ0) is 16.8. The van der Waals surface area contributed by atoms with Gasteiger partial charge in [-0.3, -0.25) is 0 Å². The van der Waals surface area contributed by atoms with Gasteiger partial charge in [0.15, 0.2) is 0 Å². The summed E-state index contributed by atoms with van der Waals surface area (Å²) in [5.74, 6) is 1.62. The Hall–Kier alpha value is -2.88. The van der Waals surface area contributed by atoms with Crippen LogP contribution in [-0.4, -0.2) is 16.5 Å². The number of hydrogen-bond donors (Lipinski definition) is 2. The summed E-state index contributed by atoms with van der Waals surface area (Å²) in [4.78, 5) is 8.60. The maximum Gasteiger partial charge on any atom is 0.135 e. The molecule has 0 aliphatic rings. The molecule has 1 aromatic heterocycles. The molecule has 0 fully saturated rings. The van der Waals surface area contributed by atoms with Crippen LogP contribution in [0.4, 0.5) is 17.3 Å². The van der Waals surface area contributed by atoms with Gasteiger partial charge < -0.3 is 10.6 Å². The predicted octanol–water partition coefficient (Wildman–Crippen LogP) is 4.49. The Kier molecular flexibility index (Phi) is 5.06. The molecule has 3 aromatic rings. The smallest absolute Gasteiger partial charge is 0.135 e. The van der Waals surface area contributed by atoms with Crippen LogP contribution in [-0.2, 0) is 6.42 Å². The summed E-state index contributed by atoms with van der Waals surface area (Å²) in [7, 11) is 0. The van der Waals surface area contributed by atoms with Crippen molar-refractivity contribution in [3.63, 3.8) is 0 Å². The number of hydrogen-bond acceptors (Lipinski definition) is 4. The van der Waals surface area contributed by atoms with Gasteiger partial charge in [-0.25, -0.2) is 9.97 Å². The van der Waals surface area contributed by atoms with Gasteiger partial charge in [-0.15, -0.1) is 0 Å². The van der Waals surface area contributed by atoms with Crippen LogP contribution in [0, 0.1) is 13.8 Å². The van der Waals surface area contributed by atoms with Gasteiger partial charge in [0.1, 0.15) is 18.0 Å². The van der Waals surface area contributed by atoms with Gasteiger partial charge in [0.05, 0.1) is 0 Å². The first kappa shape index (κ1) is 16.0. The van der Waals surface area contributed by atoms with Crippen molar-refractivity contribution in [2.75, 3.05) is 17.2 Å². The number of aryl methyl sites for hydroxylation is 2. The molecular weight excluding hydrogens is 296 g/mol. The summed E-state index contributed by atoms with van der Waals surface area (Å²) < 4.78 is 0. The van der Waals surface area contributed by atoms with Gasteiger partial charge in [0.25, 0.3) is 0 Å². The molecule has 0 atom stereocenters. The number of anilines is 3. The highest BCUT2D eigenvalue weighted by atomic mass is 15.1. The number of nitrogens with zero attached hydrogens (tertiary/aromatic N) is 2. The highest BCUT2D eigenvalue weighted by molar-refractivity contribution is 5.62. The van der Waals surface area contributed by atoms with Crippen LogP contribution < -0.4 is 10.6 Å². The van der Waals surface area contributed by atoms with Gasteiger partial charge in [-0.1, -0.05) is 42.5 Å². The Labute approximate surface area is 143 Å². The second-order valence-electron chi connectivity index (χ2n) is 5.89. The van der Waals surface area contributed by atoms with E-state index in [9.17, 15) is 0 Å². The third-order valence-electron chi connectivity index (χ3n) is 3.89. The highest BCUT2D eigenvalue weighted by Gasteiger charge is 2.03. The molecule has 2 aromatic carbocycles. The average Bonchev–Trinajstić information content (AvgIpc) is 2.60. The lowest BCUT2D eigenvalue weighted by Gasteiger charge is -2.11. The lowest BCUT2D eigenvalue weighted by atomic mass is 10.1. The lowest BCUT2D eigenvalue weighted by Crippen LogP contribution is -2.07. The lowest BCUT2D eigenvalue weighted by molar-refractivity contribution is 1.000. The van der Waals surface area contributed by atoms with Crippen LogP contribution in [0.3, 0.4) is 0 Å². The summed E-state index contributed by atoms with van der Waals surface area (Å²) in [5.41, 5.74) is 4.80. The van der Waals surface area contributed by atoms with Crippen molar-refractivity contribution in [2.45, 2.75) is 20.3 Å². The standard InChI is InChI=1S/C20H22N4/c1-15-8-9-16(2)18(12-15)24-20-13-19(22-14-23-20)21-11-10-17-6-4-3-5-7-17/h3-9,12-14H,10-11H2,1-2H3,(H2,21,22,23,24). The molecule has 0 radical (unpaired) electrons. The van der Waals surface area contributed by atoms with Crippen molar-refractivity contribution in [3.8, 4) is 0 Å². The predicted molar refractivity (Wildman–Crippen MR) is 99.9 cm³/mol. The molecule has 3 rings (SSSR count). The van der Waals surface area contributed by atoms with E-state index in [1.165, 1.54) is 16.7 Å². The van der Waals surface area contributed by atoms with Crippen molar-refractivity contribution in [1.82, 2.24) is 9.97 Å². The van der Waals surface area contributed by atoms with Gasteiger partial charge in [0, 0.05) is 18.3 Å².